The Morgan fingerprint density at radius 2 is 1.76 bits per heavy atom. The van der Waals surface area contributed by atoms with Crippen molar-refractivity contribution >= 4 is 17.9 Å². The number of nitrogens with two attached hydrogens (primary N) is 1. The van der Waals surface area contributed by atoms with Gasteiger partial charge in [0.15, 0.2) is 0 Å². The van der Waals surface area contributed by atoms with Crippen LogP contribution >= 0.6 is 0 Å². The van der Waals surface area contributed by atoms with E-state index in [4.69, 9.17) is 24.7 Å². The number of nitrogens with one attached hydrogen (secondary N) is 2. The van der Waals surface area contributed by atoms with Crippen LogP contribution in [0.2, 0.25) is 0 Å². The molecule has 0 radical (unpaired) electrons. The van der Waals surface area contributed by atoms with E-state index in [1.807, 2.05) is 38.1 Å². The van der Waals surface area contributed by atoms with Crippen molar-refractivity contribution in [2.75, 3.05) is 27.4 Å². The molecule has 3 unspecified atom stereocenters. The van der Waals surface area contributed by atoms with Gasteiger partial charge in [0.05, 0.1) is 18.1 Å². The second kappa shape index (κ2) is 16.0. The monoisotopic (exact) mass is 577 g/mol. The summed E-state index contributed by atoms with van der Waals surface area (Å²) >= 11 is 0. The van der Waals surface area contributed by atoms with Crippen molar-refractivity contribution in [1.29, 1.82) is 0 Å². The summed E-state index contributed by atoms with van der Waals surface area (Å²) in [4.78, 5) is 36.7. The number of methoxy groups -OCH3 is 2. The Morgan fingerprint density at radius 3 is 2.29 bits per heavy atom. The molecule has 0 saturated carbocycles. The number of cyclic esters (lactones) is 1. The predicted molar refractivity (Wildman–Crippen MR) is 157 cm³/mol. The van der Waals surface area contributed by atoms with Gasteiger partial charge in [-0.1, -0.05) is 39.8 Å². The summed E-state index contributed by atoms with van der Waals surface area (Å²) in [6, 6.07) is 7.78. The third-order valence-electron chi connectivity index (χ3n) is 7.96. The van der Waals surface area contributed by atoms with Crippen molar-refractivity contribution < 1.29 is 33.3 Å². The van der Waals surface area contributed by atoms with Crippen molar-refractivity contribution in [3.05, 3.63) is 29.8 Å². The first kappa shape index (κ1) is 34.4. The summed E-state index contributed by atoms with van der Waals surface area (Å²) < 4.78 is 22.6. The fourth-order valence-corrected chi connectivity index (χ4v) is 4.91. The Morgan fingerprint density at radius 1 is 1.10 bits per heavy atom. The van der Waals surface area contributed by atoms with E-state index in [1.54, 1.807) is 28.1 Å². The van der Waals surface area contributed by atoms with Gasteiger partial charge in [0.25, 0.3) is 0 Å². The highest BCUT2D eigenvalue weighted by Gasteiger charge is 2.38. The highest BCUT2D eigenvalue weighted by Crippen LogP contribution is 2.27. The first-order chi connectivity index (χ1) is 19.3. The third kappa shape index (κ3) is 10.5. The summed E-state index contributed by atoms with van der Waals surface area (Å²) in [5, 5.41) is 5.78. The molecule has 1 heterocycles. The van der Waals surface area contributed by atoms with Gasteiger partial charge in [0.1, 0.15) is 11.9 Å². The molecule has 1 aromatic carbocycles. The van der Waals surface area contributed by atoms with Gasteiger partial charge in [-0.15, -0.1) is 0 Å². The number of hydrogen-bond acceptors (Lipinski definition) is 7. The van der Waals surface area contributed by atoms with E-state index in [-0.39, 0.29) is 36.2 Å². The maximum atomic E-state index is 13.0. The number of carbonyl (C=O) groups excluding carboxylic acids is 3. The number of carbonyl (C=O) groups is 3. The number of ether oxygens (including phenoxy) is 4. The molecule has 0 aliphatic carbocycles. The number of rotatable bonds is 18. The molecular weight excluding hydrogens is 526 g/mol. The van der Waals surface area contributed by atoms with Crippen molar-refractivity contribution in [2.24, 2.45) is 34.8 Å². The Labute approximate surface area is 245 Å². The van der Waals surface area contributed by atoms with Gasteiger partial charge in [-0.25, -0.2) is 4.79 Å². The van der Waals surface area contributed by atoms with Gasteiger partial charge in [0.2, 0.25) is 18.1 Å². The zero-order chi connectivity index (χ0) is 30.7. The minimum Gasteiger partial charge on any atom is -0.465 e. The van der Waals surface area contributed by atoms with Crippen LogP contribution in [0, 0.1) is 29.1 Å². The van der Waals surface area contributed by atoms with Gasteiger partial charge in [-0.2, -0.15) is 0 Å². The highest BCUT2D eigenvalue weighted by atomic mass is 16.7. The summed E-state index contributed by atoms with van der Waals surface area (Å²) in [6.45, 7) is 12.3. The fourth-order valence-electron chi connectivity index (χ4n) is 4.91. The number of alkyl carbamates (subject to hydrolysis) is 1. The fraction of sp³-hybridized carbons (Fsp3) is 0.710. The van der Waals surface area contributed by atoms with E-state index < -0.39 is 29.8 Å². The molecule has 1 aliphatic heterocycles. The maximum absolute atomic E-state index is 13.0. The van der Waals surface area contributed by atoms with Gasteiger partial charge in [-0.05, 0) is 69.1 Å². The number of primary amides is 1. The van der Waals surface area contributed by atoms with Crippen LogP contribution in [0.4, 0.5) is 4.79 Å². The Kier molecular flexibility index (Phi) is 13.4. The molecule has 3 amide bonds. The van der Waals surface area contributed by atoms with E-state index >= 15 is 0 Å². The summed E-state index contributed by atoms with van der Waals surface area (Å²) in [7, 11) is 3.32. The molecule has 4 N–H and O–H groups in total. The number of benzene rings is 1. The van der Waals surface area contributed by atoms with E-state index in [2.05, 4.69) is 24.5 Å². The van der Waals surface area contributed by atoms with Crippen molar-refractivity contribution in [3.8, 4) is 5.75 Å². The summed E-state index contributed by atoms with van der Waals surface area (Å²) in [5.41, 5.74) is 5.74. The smallest absolute Gasteiger partial charge is 0.407 e. The van der Waals surface area contributed by atoms with Crippen molar-refractivity contribution in [3.63, 3.8) is 0 Å². The molecule has 10 heteroatoms. The molecule has 2 rings (SSSR count). The Bertz CT molecular complexity index is 980. The second-order valence-electron chi connectivity index (χ2n) is 12.4. The van der Waals surface area contributed by atoms with Gasteiger partial charge < -0.3 is 35.3 Å². The lowest BCUT2D eigenvalue weighted by Crippen LogP contribution is -2.45. The number of hydrogen-bond donors (Lipinski definition) is 3. The van der Waals surface area contributed by atoms with E-state index in [9.17, 15) is 14.4 Å². The van der Waals surface area contributed by atoms with Gasteiger partial charge >= 0.3 is 6.09 Å². The first-order valence-electron chi connectivity index (χ1n) is 14.6. The average molecular weight is 578 g/mol. The number of aryl methyl sites for hydroxylation is 1. The molecule has 1 saturated heterocycles. The number of amides is 3. The lowest BCUT2D eigenvalue weighted by atomic mass is 9.85. The zero-order valence-electron chi connectivity index (χ0n) is 26.0. The quantitative estimate of drug-likeness (QED) is 0.224. The molecule has 0 spiro atoms. The molecule has 10 nitrogen and oxygen atoms in total. The topological polar surface area (TPSA) is 138 Å². The Balaban J connectivity index is 1.92. The molecule has 0 aromatic heterocycles. The van der Waals surface area contributed by atoms with E-state index in [1.165, 1.54) is 0 Å². The van der Waals surface area contributed by atoms with Crippen LogP contribution in [-0.2, 0) is 30.2 Å². The minimum atomic E-state index is -0.850. The van der Waals surface area contributed by atoms with Crippen LogP contribution in [0.3, 0.4) is 0 Å². The minimum absolute atomic E-state index is 0.0235. The van der Waals surface area contributed by atoms with E-state index in [0.717, 1.165) is 24.2 Å². The van der Waals surface area contributed by atoms with Crippen LogP contribution in [0.25, 0.3) is 0 Å². The molecule has 1 fully saturated rings. The standard InChI is InChI=1S/C31H51N3O7/c1-19(2)23(27(35)33-18-31(5,6)29(32)36)16-26-25(34-30(37)41-26)11-9-10-21-12-14-22(15-13-21)40-28(39-8)24(17-38-7)20(3)4/h12-15,19-20,23-26,28H,9-11,16-18H2,1-8H3,(H2,32,36)(H,33,35)(H,34,37)/t23?,24-,25?,26+,28?/m1/s1. The lowest BCUT2D eigenvalue weighted by Gasteiger charge is -2.28. The van der Waals surface area contributed by atoms with Crippen LogP contribution in [0.5, 0.6) is 5.75 Å². The summed E-state index contributed by atoms with van der Waals surface area (Å²) in [5.74, 6) is 0.173. The molecule has 1 aliphatic rings. The molecule has 41 heavy (non-hydrogen) atoms. The first-order valence-corrected chi connectivity index (χ1v) is 14.6. The second-order valence-corrected chi connectivity index (χ2v) is 12.4. The zero-order valence-corrected chi connectivity index (χ0v) is 26.0. The highest BCUT2D eigenvalue weighted by molar-refractivity contribution is 5.83. The molecule has 5 atom stereocenters. The molecular formula is C31H51N3O7. The molecule has 0 bridgehead atoms. The molecule has 1 aromatic rings. The summed E-state index contributed by atoms with van der Waals surface area (Å²) in [6.07, 6.45) is 1.50. The van der Waals surface area contributed by atoms with Crippen molar-refractivity contribution in [2.45, 2.75) is 85.7 Å². The van der Waals surface area contributed by atoms with Crippen LogP contribution < -0.4 is 21.1 Å². The van der Waals surface area contributed by atoms with Crippen LogP contribution in [0.1, 0.15) is 66.4 Å². The van der Waals surface area contributed by atoms with E-state index in [0.29, 0.717) is 25.4 Å². The normalized spacial score (nSPS) is 19.4. The largest absolute Gasteiger partial charge is 0.465 e. The van der Waals surface area contributed by atoms with Gasteiger partial charge in [-0.3, -0.25) is 9.59 Å². The maximum Gasteiger partial charge on any atom is 0.407 e. The molecule has 232 valence electrons. The van der Waals surface area contributed by atoms with Crippen LogP contribution in [-0.4, -0.2) is 63.7 Å². The Hall–Kier alpha value is -2.85. The predicted octanol–water partition coefficient (Wildman–Crippen LogP) is 4.05. The SMILES string of the molecule is COC[C@H](C(C)C)C(OC)Oc1ccc(CCCC2NC(=O)O[C@H]2CC(C(=O)NCC(C)(C)C(N)=O)C(C)C)cc1. The van der Waals surface area contributed by atoms with Crippen LogP contribution in [0.15, 0.2) is 24.3 Å². The lowest BCUT2D eigenvalue weighted by molar-refractivity contribution is -0.129. The third-order valence-corrected chi connectivity index (χ3v) is 7.96. The average Bonchev–Trinajstić information content (AvgIpc) is 3.26. The van der Waals surface area contributed by atoms with Crippen molar-refractivity contribution in [1.82, 2.24) is 10.6 Å². The van der Waals surface area contributed by atoms with Gasteiger partial charge in [0, 0.05) is 32.6 Å².